The predicted molar refractivity (Wildman–Crippen MR) is 117 cm³/mol. The number of aliphatic imine (C=N–C) groups is 1. The van der Waals surface area contributed by atoms with Gasteiger partial charge in [0.05, 0.1) is 12.5 Å². The number of hydrogen-bond donors (Lipinski definition) is 2. The number of aliphatic hydroxyl groups is 1. The lowest BCUT2D eigenvalue weighted by Crippen LogP contribution is -2.21. The van der Waals surface area contributed by atoms with E-state index in [1.165, 1.54) is 41.7 Å². The van der Waals surface area contributed by atoms with Crippen molar-refractivity contribution in [3.8, 4) is 0 Å². The first kappa shape index (κ1) is 25.0. The van der Waals surface area contributed by atoms with E-state index in [1.54, 1.807) is 35.3 Å². The molecule has 0 aliphatic rings. The maximum absolute atomic E-state index is 11.3. The van der Waals surface area contributed by atoms with Gasteiger partial charge >= 0.3 is 0 Å². The minimum Gasteiger partial charge on any atom is -0.386 e. The number of thioether (sulfide) groups is 6. The van der Waals surface area contributed by atoms with Gasteiger partial charge in [0.2, 0.25) is 6.40 Å². The van der Waals surface area contributed by atoms with Gasteiger partial charge in [0.25, 0.3) is 5.24 Å². The molecule has 24 heavy (non-hydrogen) atoms. The fourth-order valence-electron chi connectivity index (χ4n) is 0.988. The van der Waals surface area contributed by atoms with Gasteiger partial charge in [0.15, 0.2) is 0 Å². The Balaban J connectivity index is 3.14. The highest BCUT2D eigenvalue weighted by molar-refractivity contribution is 8.23. The number of aliphatic hydroxyl groups excluding tert-OH is 1. The molecule has 0 aromatic rings. The van der Waals surface area contributed by atoms with Crippen molar-refractivity contribution >= 4 is 82.2 Å². The van der Waals surface area contributed by atoms with Crippen LogP contribution in [0.15, 0.2) is 4.99 Å². The molecule has 0 fully saturated rings. The number of carbonyl (C=O) groups is 1. The number of carbonyl (C=O) groups excluding carboxylic acids is 1. The summed E-state index contributed by atoms with van der Waals surface area (Å²) in [6.07, 6.45) is 3.30. The quantitative estimate of drug-likeness (QED) is 0.0855. The second-order valence-corrected chi connectivity index (χ2v) is 10.7. The summed E-state index contributed by atoms with van der Waals surface area (Å²) in [4.78, 5) is 25.0. The Kier molecular flexibility index (Phi) is 22.9. The van der Waals surface area contributed by atoms with Gasteiger partial charge in [0.1, 0.15) is 5.94 Å². The third-order valence-electron chi connectivity index (χ3n) is 1.93. The van der Waals surface area contributed by atoms with Crippen molar-refractivity contribution in [1.29, 1.82) is 0 Å². The van der Waals surface area contributed by atoms with Crippen molar-refractivity contribution in [1.82, 2.24) is 5.32 Å². The van der Waals surface area contributed by atoms with Crippen molar-refractivity contribution in [3.05, 3.63) is 0 Å². The lowest BCUT2D eigenvalue weighted by atomic mass is 10.8. The molecule has 0 saturated carbocycles. The minimum atomic E-state index is 0.0553. The Labute approximate surface area is 169 Å². The summed E-state index contributed by atoms with van der Waals surface area (Å²) in [5.41, 5.74) is 0. The Hall–Kier alpha value is 0.960. The minimum absolute atomic E-state index is 0.0553. The van der Waals surface area contributed by atoms with E-state index in [0.717, 1.165) is 26.8 Å². The van der Waals surface area contributed by atoms with E-state index in [1.807, 2.05) is 6.26 Å². The van der Waals surface area contributed by atoms with Crippen LogP contribution in [-0.4, -0.2) is 74.7 Å². The van der Waals surface area contributed by atoms with E-state index in [2.05, 4.69) is 10.3 Å². The average molecular weight is 453 g/mol. The van der Waals surface area contributed by atoms with Crippen LogP contribution in [0.25, 0.3) is 0 Å². The van der Waals surface area contributed by atoms with Gasteiger partial charge in [-0.2, -0.15) is 16.6 Å². The number of amides is 1. The molecule has 0 atom stereocenters. The van der Waals surface area contributed by atoms with Crippen molar-refractivity contribution in [3.63, 3.8) is 0 Å². The highest BCUT2D eigenvalue weighted by Crippen LogP contribution is 2.12. The number of nitrogens with one attached hydrogen (secondary N) is 1. The second-order valence-electron chi connectivity index (χ2n) is 3.70. The standard InChI is InChI=1S/C12H24N2O4S6/c1-19-9-24-12(16)14-3-5-21-10-20-4-2-13-6-17-18-8-23-11-22-7-15/h6,15H,2-5,7-11H2,1H3,(H,14,16). The number of hydrogen-bond acceptors (Lipinski definition) is 11. The largest absolute Gasteiger partial charge is 0.386 e. The van der Waals surface area contributed by atoms with E-state index >= 15 is 0 Å². The van der Waals surface area contributed by atoms with Crippen molar-refractivity contribution in [2.75, 3.05) is 58.0 Å². The van der Waals surface area contributed by atoms with Gasteiger partial charge in [-0.25, -0.2) is 0 Å². The Morgan fingerprint density at radius 2 is 1.96 bits per heavy atom. The van der Waals surface area contributed by atoms with Gasteiger partial charge in [0, 0.05) is 33.3 Å². The van der Waals surface area contributed by atoms with Gasteiger partial charge in [-0.15, -0.1) is 47.0 Å². The zero-order chi connectivity index (χ0) is 17.7. The smallest absolute Gasteiger partial charge is 0.279 e. The molecular weight excluding hydrogens is 429 g/mol. The van der Waals surface area contributed by atoms with Crippen molar-refractivity contribution in [2.45, 2.75) is 0 Å². The predicted octanol–water partition coefficient (Wildman–Crippen LogP) is 3.48. The molecule has 0 aromatic heterocycles. The normalized spacial score (nSPS) is 11.1. The summed E-state index contributed by atoms with van der Waals surface area (Å²) in [6, 6.07) is 0. The molecule has 0 unspecified atom stereocenters. The van der Waals surface area contributed by atoms with E-state index in [0.29, 0.717) is 19.0 Å². The van der Waals surface area contributed by atoms with Crippen LogP contribution in [0.3, 0.4) is 0 Å². The summed E-state index contributed by atoms with van der Waals surface area (Å²) < 4.78 is 0. The molecule has 1 amide bonds. The number of rotatable bonds is 17. The Morgan fingerprint density at radius 1 is 1.17 bits per heavy atom. The monoisotopic (exact) mass is 452 g/mol. The lowest BCUT2D eigenvalue weighted by molar-refractivity contribution is -0.196. The molecule has 0 radical (unpaired) electrons. The molecule has 0 saturated heterocycles. The second kappa shape index (κ2) is 22.0. The maximum Gasteiger partial charge on any atom is 0.279 e. The molecule has 142 valence electrons. The molecule has 6 nitrogen and oxygen atoms in total. The fourth-order valence-corrected chi connectivity index (χ4v) is 5.15. The molecule has 0 aliphatic carbocycles. The van der Waals surface area contributed by atoms with Gasteiger partial charge in [-0.05, 0) is 6.26 Å². The molecule has 0 aliphatic heterocycles. The first-order valence-corrected chi connectivity index (χ1v) is 13.9. The highest BCUT2D eigenvalue weighted by atomic mass is 32.2. The zero-order valence-corrected chi connectivity index (χ0v) is 18.4. The molecule has 12 heteroatoms. The summed E-state index contributed by atoms with van der Waals surface area (Å²) in [5.74, 6) is 2.38. The maximum atomic E-state index is 11.3. The first-order valence-electron chi connectivity index (χ1n) is 6.89. The molecule has 0 bridgehead atoms. The van der Waals surface area contributed by atoms with Crippen molar-refractivity contribution in [2.24, 2.45) is 4.99 Å². The van der Waals surface area contributed by atoms with Crippen LogP contribution in [0.1, 0.15) is 0 Å². The molecule has 0 heterocycles. The summed E-state index contributed by atoms with van der Waals surface area (Å²) in [7, 11) is 0. The van der Waals surface area contributed by atoms with Crippen LogP contribution in [0.4, 0.5) is 4.79 Å². The van der Waals surface area contributed by atoms with Gasteiger partial charge in [-0.1, -0.05) is 11.8 Å². The topological polar surface area (TPSA) is 80.2 Å². The van der Waals surface area contributed by atoms with Crippen LogP contribution in [0.5, 0.6) is 0 Å². The lowest BCUT2D eigenvalue weighted by Gasteiger charge is -2.04. The van der Waals surface area contributed by atoms with Gasteiger partial charge in [-0.3, -0.25) is 9.79 Å². The fraction of sp³-hybridized carbons (Fsp3) is 0.833. The molecule has 0 spiro atoms. The third kappa shape index (κ3) is 21.0. The molecule has 2 N–H and O–H groups in total. The summed E-state index contributed by atoms with van der Waals surface area (Å²) >= 11 is 9.51. The van der Waals surface area contributed by atoms with Gasteiger partial charge < -0.3 is 15.3 Å². The van der Waals surface area contributed by atoms with Crippen molar-refractivity contribution < 1.29 is 19.7 Å². The van der Waals surface area contributed by atoms with Crippen LogP contribution in [0, 0.1) is 0 Å². The van der Waals surface area contributed by atoms with E-state index in [9.17, 15) is 4.79 Å². The Morgan fingerprint density at radius 3 is 2.75 bits per heavy atom. The summed E-state index contributed by atoms with van der Waals surface area (Å²) in [6.45, 7) is 1.40. The first-order chi connectivity index (χ1) is 11.8. The van der Waals surface area contributed by atoms with Crippen LogP contribution in [-0.2, 0) is 9.78 Å². The van der Waals surface area contributed by atoms with E-state index in [-0.39, 0.29) is 11.2 Å². The van der Waals surface area contributed by atoms with Crippen LogP contribution >= 0.6 is 70.6 Å². The third-order valence-corrected chi connectivity index (χ3v) is 7.83. The van der Waals surface area contributed by atoms with Crippen LogP contribution < -0.4 is 5.32 Å². The zero-order valence-electron chi connectivity index (χ0n) is 13.5. The molecular formula is C12H24N2O4S6. The molecule has 0 rings (SSSR count). The SMILES string of the molecule is CSCSC(=O)NCCSCSCCN=COOCSCSCO. The van der Waals surface area contributed by atoms with E-state index < -0.39 is 0 Å². The Bertz CT molecular complexity index is 315. The summed E-state index contributed by atoms with van der Waals surface area (Å²) in [5, 5.41) is 14.0. The number of nitrogens with zero attached hydrogens (tertiary/aromatic N) is 1. The molecule has 0 aromatic carbocycles. The van der Waals surface area contributed by atoms with E-state index in [4.69, 9.17) is 14.9 Å². The van der Waals surface area contributed by atoms with Crippen LogP contribution in [0.2, 0.25) is 0 Å². The average Bonchev–Trinajstić information content (AvgIpc) is 2.59. The highest BCUT2D eigenvalue weighted by Gasteiger charge is 1.99.